The largest absolute Gasteiger partial charge is 0.383 e. The van der Waals surface area contributed by atoms with Crippen molar-refractivity contribution in [3.05, 3.63) is 53.6 Å². The molecule has 2 aromatic carbocycles. The monoisotopic (exact) mass is 432 g/mol. The third-order valence-corrected chi connectivity index (χ3v) is 6.48. The number of nitriles is 1. The van der Waals surface area contributed by atoms with E-state index in [0.717, 1.165) is 22.4 Å². The summed E-state index contributed by atoms with van der Waals surface area (Å²) in [7, 11) is 0. The molecular formula is C24H24N4O4. The predicted octanol–water partition coefficient (Wildman–Crippen LogP) is 1.43. The fourth-order valence-corrected chi connectivity index (χ4v) is 4.44. The lowest BCUT2D eigenvalue weighted by atomic mass is 9.96. The molecule has 3 aliphatic heterocycles. The predicted molar refractivity (Wildman–Crippen MR) is 117 cm³/mol. The van der Waals surface area contributed by atoms with Crippen molar-refractivity contribution in [2.24, 2.45) is 0 Å². The average Bonchev–Trinajstić information content (AvgIpc) is 3.24. The first-order chi connectivity index (χ1) is 15.5. The molecule has 8 nitrogen and oxygen atoms in total. The van der Waals surface area contributed by atoms with Crippen LogP contribution >= 0.6 is 0 Å². The molecule has 0 radical (unpaired) electrons. The van der Waals surface area contributed by atoms with Gasteiger partial charge in [-0.15, -0.1) is 0 Å². The molecule has 2 amide bonds. The van der Waals surface area contributed by atoms with E-state index in [1.165, 1.54) is 0 Å². The van der Waals surface area contributed by atoms with Crippen molar-refractivity contribution in [3.8, 4) is 17.2 Å². The van der Waals surface area contributed by atoms with Gasteiger partial charge < -0.3 is 25.0 Å². The number of hydrogen-bond acceptors (Lipinski definition) is 6. The van der Waals surface area contributed by atoms with Crippen LogP contribution in [0.3, 0.4) is 0 Å². The van der Waals surface area contributed by atoms with E-state index in [1.54, 1.807) is 9.80 Å². The molecule has 164 valence electrons. The summed E-state index contributed by atoms with van der Waals surface area (Å²) in [5.74, 6) is -0.533. The molecular weight excluding hydrogens is 408 g/mol. The number of hydrogen-bond donors (Lipinski definition) is 2. The standard InChI is InChI=1S/C24H24N4O4/c25-12-19-13-26-21-6-5-18(11-20(19)21)16-1-3-17(4-2-16)22(29)27-7-9-28(10-8-27)23(30)24(31)14-32-15-24/h1-6,11,19,26,31H,7-10,13-15H2. The molecule has 5 rings (SSSR count). The highest BCUT2D eigenvalue weighted by Crippen LogP contribution is 2.34. The maximum atomic E-state index is 12.9. The topological polar surface area (TPSA) is 106 Å². The van der Waals surface area contributed by atoms with Gasteiger partial charge in [0.15, 0.2) is 5.60 Å². The number of nitrogens with zero attached hydrogens (tertiary/aromatic N) is 3. The van der Waals surface area contributed by atoms with Crippen molar-refractivity contribution in [1.82, 2.24) is 9.80 Å². The summed E-state index contributed by atoms with van der Waals surface area (Å²) >= 11 is 0. The number of benzene rings is 2. The lowest BCUT2D eigenvalue weighted by Crippen LogP contribution is -2.64. The molecule has 3 heterocycles. The number of carbonyl (C=O) groups is 2. The molecule has 2 aromatic rings. The van der Waals surface area contributed by atoms with Crippen LogP contribution in [0.4, 0.5) is 5.69 Å². The van der Waals surface area contributed by atoms with Gasteiger partial charge in [-0.05, 0) is 41.0 Å². The zero-order chi connectivity index (χ0) is 22.3. The van der Waals surface area contributed by atoms with Crippen molar-refractivity contribution in [3.63, 3.8) is 0 Å². The molecule has 2 saturated heterocycles. The Hall–Kier alpha value is -3.41. The van der Waals surface area contributed by atoms with E-state index in [2.05, 4.69) is 11.4 Å². The highest BCUT2D eigenvalue weighted by atomic mass is 16.5. The second kappa shape index (κ2) is 7.93. The molecule has 0 aromatic heterocycles. The number of amides is 2. The second-order valence-corrected chi connectivity index (χ2v) is 8.55. The van der Waals surface area contributed by atoms with Gasteiger partial charge in [0, 0.05) is 44.0 Å². The lowest BCUT2D eigenvalue weighted by molar-refractivity contribution is -0.201. The van der Waals surface area contributed by atoms with Gasteiger partial charge in [0.25, 0.3) is 11.8 Å². The SMILES string of the molecule is N#CC1CNc2ccc(-c3ccc(C(=O)N4CCN(C(=O)C5(O)COC5)CC4)cc3)cc21. The highest BCUT2D eigenvalue weighted by Gasteiger charge is 2.46. The quantitative estimate of drug-likeness (QED) is 0.760. The minimum Gasteiger partial charge on any atom is -0.383 e. The van der Waals surface area contributed by atoms with E-state index in [0.29, 0.717) is 38.3 Å². The molecule has 0 aliphatic carbocycles. The summed E-state index contributed by atoms with van der Waals surface area (Å²) < 4.78 is 4.96. The Kier molecular flexibility index (Phi) is 5.08. The summed E-state index contributed by atoms with van der Waals surface area (Å²) in [6.07, 6.45) is 0. The molecule has 8 heteroatoms. The summed E-state index contributed by atoms with van der Waals surface area (Å²) in [6, 6.07) is 15.8. The Labute approximate surface area is 186 Å². The van der Waals surface area contributed by atoms with E-state index in [9.17, 15) is 20.0 Å². The average molecular weight is 432 g/mol. The van der Waals surface area contributed by atoms with E-state index in [1.807, 2.05) is 42.5 Å². The van der Waals surface area contributed by atoms with Gasteiger partial charge in [0.05, 0.1) is 25.2 Å². The minimum atomic E-state index is -1.40. The Bertz CT molecular complexity index is 1100. The number of nitrogens with one attached hydrogen (secondary N) is 1. The van der Waals surface area contributed by atoms with E-state index < -0.39 is 5.60 Å². The number of aliphatic hydroxyl groups is 1. The lowest BCUT2D eigenvalue weighted by Gasteiger charge is -2.42. The smallest absolute Gasteiger partial charge is 0.259 e. The fourth-order valence-electron chi connectivity index (χ4n) is 4.44. The van der Waals surface area contributed by atoms with Gasteiger partial charge in [-0.25, -0.2) is 0 Å². The van der Waals surface area contributed by atoms with Crippen LogP contribution in [0.15, 0.2) is 42.5 Å². The van der Waals surface area contributed by atoms with Crippen LogP contribution in [0.5, 0.6) is 0 Å². The zero-order valence-electron chi connectivity index (χ0n) is 17.6. The van der Waals surface area contributed by atoms with Crippen LogP contribution < -0.4 is 5.32 Å². The first-order valence-corrected chi connectivity index (χ1v) is 10.8. The molecule has 1 atom stereocenters. The second-order valence-electron chi connectivity index (χ2n) is 8.55. The summed E-state index contributed by atoms with van der Waals surface area (Å²) in [4.78, 5) is 28.7. The number of rotatable bonds is 3. The van der Waals surface area contributed by atoms with Crippen LogP contribution in [0.2, 0.25) is 0 Å². The fraction of sp³-hybridized carbons (Fsp3) is 0.375. The summed E-state index contributed by atoms with van der Waals surface area (Å²) in [5.41, 5.74) is 3.20. The Morgan fingerprint density at radius 2 is 1.69 bits per heavy atom. The Morgan fingerprint density at radius 1 is 1.03 bits per heavy atom. The van der Waals surface area contributed by atoms with Crippen molar-refractivity contribution >= 4 is 17.5 Å². The molecule has 3 aliphatic rings. The minimum absolute atomic E-state index is 0.0369. The third kappa shape index (κ3) is 3.49. The molecule has 0 bridgehead atoms. The Morgan fingerprint density at radius 3 is 2.31 bits per heavy atom. The van der Waals surface area contributed by atoms with Gasteiger partial charge in [0.2, 0.25) is 0 Å². The van der Waals surface area contributed by atoms with Crippen LogP contribution in [0.25, 0.3) is 11.1 Å². The first-order valence-electron chi connectivity index (χ1n) is 10.8. The highest BCUT2D eigenvalue weighted by molar-refractivity contribution is 5.95. The molecule has 2 fully saturated rings. The van der Waals surface area contributed by atoms with Gasteiger partial charge in [-0.2, -0.15) is 5.26 Å². The molecule has 2 N–H and O–H groups in total. The maximum Gasteiger partial charge on any atom is 0.259 e. The van der Waals surface area contributed by atoms with Crippen LogP contribution in [0.1, 0.15) is 21.8 Å². The van der Waals surface area contributed by atoms with Crippen LogP contribution in [-0.2, 0) is 9.53 Å². The number of fused-ring (bicyclic) bond motifs is 1. The first kappa shape index (κ1) is 20.5. The maximum absolute atomic E-state index is 12.9. The van der Waals surface area contributed by atoms with E-state index in [4.69, 9.17) is 4.74 Å². The number of carbonyl (C=O) groups excluding carboxylic acids is 2. The summed E-state index contributed by atoms with van der Waals surface area (Å²) in [5, 5.41) is 22.7. The van der Waals surface area contributed by atoms with E-state index in [-0.39, 0.29) is 30.9 Å². The van der Waals surface area contributed by atoms with Crippen molar-refractivity contribution in [2.75, 3.05) is 51.3 Å². The molecule has 32 heavy (non-hydrogen) atoms. The molecule has 0 spiro atoms. The number of piperazine rings is 1. The van der Waals surface area contributed by atoms with Gasteiger partial charge >= 0.3 is 0 Å². The van der Waals surface area contributed by atoms with Crippen LogP contribution in [0, 0.1) is 11.3 Å². The normalized spacial score (nSPS) is 21.2. The van der Waals surface area contributed by atoms with Crippen LogP contribution in [-0.4, -0.2) is 78.3 Å². The van der Waals surface area contributed by atoms with Crippen molar-refractivity contribution < 1.29 is 19.4 Å². The number of anilines is 1. The number of ether oxygens (including phenoxy) is 1. The van der Waals surface area contributed by atoms with E-state index >= 15 is 0 Å². The third-order valence-electron chi connectivity index (χ3n) is 6.48. The van der Waals surface area contributed by atoms with Crippen molar-refractivity contribution in [2.45, 2.75) is 11.5 Å². The van der Waals surface area contributed by atoms with Gasteiger partial charge in [-0.3, -0.25) is 9.59 Å². The molecule has 0 saturated carbocycles. The zero-order valence-corrected chi connectivity index (χ0v) is 17.6. The van der Waals surface area contributed by atoms with Gasteiger partial charge in [-0.1, -0.05) is 18.2 Å². The van der Waals surface area contributed by atoms with Gasteiger partial charge in [0.1, 0.15) is 0 Å². The molecule has 1 unspecified atom stereocenters. The Balaban J connectivity index is 1.24. The summed E-state index contributed by atoms with van der Waals surface area (Å²) in [6.45, 7) is 2.36. The van der Waals surface area contributed by atoms with Crippen molar-refractivity contribution in [1.29, 1.82) is 5.26 Å².